The molecule has 0 heterocycles. The van der Waals surface area contributed by atoms with E-state index in [1.807, 2.05) is 121 Å². The van der Waals surface area contributed by atoms with Crippen LogP contribution in [0.3, 0.4) is 0 Å². The molecule has 0 radical (unpaired) electrons. The van der Waals surface area contributed by atoms with Gasteiger partial charge in [0, 0.05) is 0 Å². The zero-order valence-electron chi connectivity index (χ0n) is 20.3. The highest BCUT2D eigenvalue weighted by molar-refractivity contribution is 14.3. The summed E-state index contributed by atoms with van der Waals surface area (Å²) in [7, 11) is 0. The van der Waals surface area contributed by atoms with Gasteiger partial charge in [-0.25, -0.2) is 0 Å². The zero-order valence-corrected chi connectivity index (χ0v) is 31.1. The topological polar surface area (TPSA) is 49.4 Å². The fraction of sp³-hybridized carbons (Fsp3) is 0.143. The molecule has 0 spiro atoms. The number of halogens is 5. The summed E-state index contributed by atoms with van der Waals surface area (Å²) in [6.07, 6.45) is 0. The fourth-order valence-corrected chi connectivity index (χ4v) is 2.21. The number of hydrogen-bond acceptors (Lipinski definition) is 4. The van der Waals surface area contributed by atoms with E-state index in [1.54, 1.807) is 0 Å². The summed E-state index contributed by atoms with van der Waals surface area (Å²) >= 11 is 11.7. The van der Waals surface area contributed by atoms with Crippen LogP contribution in [0.2, 0.25) is 0 Å². The molecular weight excluding hydrogens is 1030 g/mol. The van der Waals surface area contributed by atoms with Crippen LogP contribution in [0.4, 0.5) is 22.7 Å². The summed E-state index contributed by atoms with van der Waals surface area (Å²) in [5.74, 6) is 0. The third-order valence-corrected chi connectivity index (χ3v) is 3.59. The smallest absolute Gasteiger partial charge is 0.121 e. The van der Waals surface area contributed by atoms with Gasteiger partial charge in [0.2, 0.25) is 0 Å². The largest absolute Gasteiger partial charge is 0.151 e. The summed E-state index contributed by atoms with van der Waals surface area (Å²) in [4.78, 5) is 0. The molecule has 0 aliphatic heterocycles. The standard InChI is InChI=1S/2C12H10N2.C2H3I3.C2H4I2/c2*1-3-7-11(8-4-1)13-14-12-9-5-2-6-10-12;1-2(3,4)5;1-2(3)4/h2*1-10H;1H3;2H,1H3. The van der Waals surface area contributed by atoms with E-state index in [-0.39, 0.29) is 0 Å². The highest BCUT2D eigenvalue weighted by atomic mass is 127. The maximum Gasteiger partial charge on any atom is 0.121 e. The lowest BCUT2D eigenvalue weighted by molar-refractivity contribution is 1.23. The Bertz CT molecular complexity index is 960. The van der Waals surface area contributed by atoms with Crippen LogP contribution in [0.25, 0.3) is 0 Å². The molecule has 0 N–H and O–H groups in total. The minimum Gasteiger partial charge on any atom is -0.151 e. The van der Waals surface area contributed by atoms with Crippen molar-refractivity contribution in [2.45, 2.75) is 15.2 Å². The predicted molar refractivity (Wildman–Crippen MR) is 202 cm³/mol. The van der Waals surface area contributed by atoms with E-state index in [0.717, 1.165) is 24.7 Å². The minimum atomic E-state index is 0.410. The molecule has 4 aromatic rings. The van der Waals surface area contributed by atoms with Crippen LogP contribution in [0.5, 0.6) is 0 Å². The Kier molecular flexibility index (Phi) is 20.2. The predicted octanol–water partition coefficient (Wildman–Crippen LogP) is 13.4. The maximum atomic E-state index is 4.10. The molecule has 0 amide bonds. The molecule has 9 heteroatoms. The van der Waals surface area contributed by atoms with Gasteiger partial charge in [-0.15, -0.1) is 0 Å². The van der Waals surface area contributed by atoms with E-state index >= 15 is 0 Å². The molecule has 0 unspecified atom stereocenters. The lowest BCUT2D eigenvalue weighted by Gasteiger charge is -1.96. The van der Waals surface area contributed by atoms with Crippen molar-refractivity contribution in [2.24, 2.45) is 20.5 Å². The molecule has 4 aromatic carbocycles. The second-order valence-electron chi connectivity index (χ2n) is 7.04. The first kappa shape index (κ1) is 34.8. The lowest BCUT2D eigenvalue weighted by atomic mass is 10.3. The van der Waals surface area contributed by atoms with Crippen LogP contribution in [0.15, 0.2) is 142 Å². The summed E-state index contributed by atoms with van der Waals surface area (Å²) in [5.41, 5.74) is 3.49. The van der Waals surface area contributed by atoms with Crippen LogP contribution in [-0.4, -0.2) is 1.37 Å². The summed E-state index contributed by atoms with van der Waals surface area (Å²) in [5, 5.41) is 16.4. The Morgan fingerprint density at radius 2 is 0.595 bits per heavy atom. The van der Waals surface area contributed by atoms with E-state index < -0.39 is 0 Å². The van der Waals surface area contributed by atoms with Crippen molar-refractivity contribution in [3.8, 4) is 0 Å². The lowest BCUT2D eigenvalue weighted by Crippen LogP contribution is -1.82. The number of azo groups is 2. The molecule has 0 bridgehead atoms. The molecular formula is C28H27I5N4. The van der Waals surface area contributed by atoms with Gasteiger partial charge in [-0.05, 0) is 62.4 Å². The van der Waals surface area contributed by atoms with Crippen molar-refractivity contribution >= 4 is 136 Å². The first-order valence-electron chi connectivity index (χ1n) is 11.0. The molecule has 0 saturated carbocycles. The van der Waals surface area contributed by atoms with Crippen LogP contribution in [-0.2, 0) is 0 Å². The number of hydrogen-bond donors (Lipinski definition) is 0. The molecule has 4 nitrogen and oxygen atoms in total. The van der Waals surface area contributed by atoms with Gasteiger partial charge >= 0.3 is 0 Å². The molecule has 37 heavy (non-hydrogen) atoms. The monoisotopic (exact) mass is 1050 g/mol. The molecule has 0 aromatic heterocycles. The Morgan fingerprint density at radius 3 is 0.730 bits per heavy atom. The van der Waals surface area contributed by atoms with Gasteiger partial charge in [0.25, 0.3) is 0 Å². The van der Waals surface area contributed by atoms with Crippen molar-refractivity contribution in [2.75, 3.05) is 0 Å². The van der Waals surface area contributed by atoms with Crippen LogP contribution < -0.4 is 0 Å². The molecule has 0 saturated heterocycles. The normalized spacial score (nSPS) is 10.6. The van der Waals surface area contributed by atoms with Crippen molar-refractivity contribution in [1.82, 2.24) is 0 Å². The van der Waals surface area contributed by atoms with Crippen LogP contribution in [0, 0.1) is 0 Å². The maximum absolute atomic E-state index is 4.10. The van der Waals surface area contributed by atoms with Crippen molar-refractivity contribution in [3.05, 3.63) is 121 Å². The quantitative estimate of drug-likeness (QED) is 0.111. The number of benzene rings is 4. The van der Waals surface area contributed by atoms with Crippen LogP contribution >= 0.6 is 113 Å². The van der Waals surface area contributed by atoms with Crippen molar-refractivity contribution in [1.29, 1.82) is 0 Å². The minimum absolute atomic E-state index is 0.410. The number of rotatable bonds is 4. The van der Waals surface area contributed by atoms with Crippen molar-refractivity contribution in [3.63, 3.8) is 0 Å². The van der Waals surface area contributed by atoms with E-state index in [0.29, 0.717) is -0.565 Å². The average Bonchev–Trinajstić information content (AvgIpc) is 2.88. The molecule has 194 valence electrons. The first-order valence-corrected chi connectivity index (χ1v) is 16.7. The average molecular weight is 1050 g/mol. The van der Waals surface area contributed by atoms with Gasteiger partial charge in [0.1, 0.15) is -0.565 Å². The second kappa shape index (κ2) is 21.5. The van der Waals surface area contributed by atoms with Gasteiger partial charge in [-0.1, -0.05) is 186 Å². The molecule has 0 fully saturated rings. The second-order valence-corrected chi connectivity index (χ2v) is 25.8. The van der Waals surface area contributed by atoms with Gasteiger partial charge in [-0.2, -0.15) is 20.5 Å². The SMILES string of the molecule is CC(I)(I)I.CC(I)I.c1ccc(N=Nc2ccccc2)cc1.c1ccc(N=Nc2ccccc2)cc1. The zero-order chi connectivity index (χ0) is 27.4. The Labute approximate surface area is 288 Å². The Morgan fingerprint density at radius 1 is 0.459 bits per heavy atom. The Balaban J connectivity index is 0.000000281. The highest BCUT2D eigenvalue weighted by Gasteiger charge is 2.04. The van der Waals surface area contributed by atoms with E-state index in [1.165, 1.54) is 0 Å². The molecule has 0 aliphatic rings. The number of nitrogens with zero attached hydrogens (tertiary/aromatic N) is 4. The summed E-state index contributed by atoms with van der Waals surface area (Å²) in [6, 6.07) is 38.8. The van der Waals surface area contributed by atoms with E-state index in [4.69, 9.17) is 0 Å². The molecule has 4 rings (SSSR count). The van der Waals surface area contributed by atoms with Gasteiger partial charge in [0.15, 0.2) is 0 Å². The highest BCUT2D eigenvalue weighted by Crippen LogP contribution is 2.33. The molecule has 0 atom stereocenters. The third-order valence-electron chi connectivity index (χ3n) is 3.59. The fourth-order valence-electron chi connectivity index (χ4n) is 2.21. The Hall–Kier alpha value is -0.270. The summed E-state index contributed by atoms with van der Waals surface area (Å²) in [6.45, 7) is 4.29. The summed E-state index contributed by atoms with van der Waals surface area (Å²) < 4.78 is 1.18. The van der Waals surface area contributed by atoms with Gasteiger partial charge < -0.3 is 0 Å². The van der Waals surface area contributed by atoms with Gasteiger partial charge in [0.05, 0.1) is 24.7 Å². The van der Waals surface area contributed by atoms with E-state index in [9.17, 15) is 0 Å². The van der Waals surface area contributed by atoms with Gasteiger partial charge in [-0.3, -0.25) is 0 Å². The van der Waals surface area contributed by atoms with Crippen LogP contribution in [0.1, 0.15) is 13.8 Å². The van der Waals surface area contributed by atoms with Crippen molar-refractivity contribution < 1.29 is 0 Å². The third kappa shape index (κ3) is 23.3. The number of alkyl halides is 5. The first-order chi connectivity index (χ1) is 17.6. The molecule has 0 aliphatic carbocycles. The van der Waals surface area contributed by atoms with E-state index in [2.05, 4.69) is 147 Å².